The number of carbonyl (C=O) groups is 2. The van der Waals surface area contributed by atoms with Crippen molar-refractivity contribution in [2.75, 3.05) is 11.9 Å². The number of H-pyrrole nitrogens is 1. The minimum absolute atomic E-state index is 0.0633. The number of aromatic nitrogens is 1. The molecule has 162 valence electrons. The molecule has 3 N–H and O–H groups in total. The molecule has 0 saturated carbocycles. The van der Waals surface area contributed by atoms with Crippen LogP contribution in [0.2, 0.25) is 0 Å². The smallest absolute Gasteiger partial charge is 0.256 e. The number of hydrogen-bond donors (Lipinski definition) is 3. The van der Waals surface area contributed by atoms with E-state index < -0.39 is 0 Å². The van der Waals surface area contributed by atoms with Gasteiger partial charge in [-0.15, -0.1) is 11.8 Å². The van der Waals surface area contributed by atoms with E-state index in [-0.39, 0.29) is 17.6 Å². The minimum atomic E-state index is -0.245. The average Bonchev–Trinajstić information content (AvgIpc) is 3.18. The van der Waals surface area contributed by atoms with Gasteiger partial charge in [-0.25, -0.2) is 4.39 Å². The fourth-order valence-corrected chi connectivity index (χ4v) is 5.06. The number of aromatic amines is 1. The van der Waals surface area contributed by atoms with Crippen molar-refractivity contribution in [1.82, 2.24) is 10.3 Å². The van der Waals surface area contributed by atoms with Crippen LogP contribution in [0.1, 0.15) is 44.9 Å². The number of rotatable bonds is 4. The van der Waals surface area contributed by atoms with Gasteiger partial charge in [0.2, 0.25) is 0 Å². The molecule has 0 spiro atoms. The largest absolute Gasteiger partial charge is 0.358 e. The summed E-state index contributed by atoms with van der Waals surface area (Å²) in [7, 11) is 0. The van der Waals surface area contributed by atoms with Crippen LogP contribution in [0.25, 0.3) is 11.6 Å². The van der Waals surface area contributed by atoms with Crippen molar-refractivity contribution in [3.8, 4) is 0 Å². The summed E-state index contributed by atoms with van der Waals surface area (Å²) in [6.07, 6.45) is 3.52. The highest BCUT2D eigenvalue weighted by Gasteiger charge is 2.27. The van der Waals surface area contributed by atoms with Crippen LogP contribution in [0.4, 0.5) is 10.1 Å². The highest BCUT2D eigenvalue weighted by atomic mass is 32.2. The second-order valence-corrected chi connectivity index (χ2v) is 9.06. The summed E-state index contributed by atoms with van der Waals surface area (Å²) in [6, 6.07) is 12.4. The highest BCUT2D eigenvalue weighted by Crippen LogP contribution is 2.37. The van der Waals surface area contributed by atoms with Gasteiger partial charge in [-0.1, -0.05) is 12.1 Å². The molecule has 0 radical (unpaired) electrons. The lowest BCUT2D eigenvalue weighted by molar-refractivity contribution is -0.110. The number of fused-ring (bicyclic) bond motifs is 2. The summed E-state index contributed by atoms with van der Waals surface area (Å²) in [5.74, 6) is 0.239. The molecule has 2 aliphatic rings. The summed E-state index contributed by atoms with van der Waals surface area (Å²) < 4.78 is 13.1. The maximum Gasteiger partial charge on any atom is 0.256 e. The van der Waals surface area contributed by atoms with Crippen LogP contribution in [0.5, 0.6) is 0 Å². The highest BCUT2D eigenvalue weighted by molar-refractivity contribution is 7.98. The number of anilines is 1. The SMILES string of the molecule is Cc1c(/C=C2\C(=O)Nc3ccc(SCc4ccc(F)cc4)cc32)[nH]c2c1C(=O)NCCC2. The van der Waals surface area contributed by atoms with E-state index in [1.54, 1.807) is 23.9 Å². The van der Waals surface area contributed by atoms with Gasteiger partial charge < -0.3 is 15.6 Å². The Hall–Kier alpha value is -3.32. The molecule has 1 aromatic heterocycles. The standard InChI is InChI=1S/C25H22FN3O2S/c1-14-22(28-21-3-2-10-27-25(31)23(14)21)12-19-18-11-17(8-9-20(18)29-24(19)30)32-13-15-4-6-16(26)7-5-15/h4-9,11-12,28H,2-3,10,13H2,1H3,(H,27,31)(H,29,30)/b19-12-. The molecule has 7 heteroatoms. The van der Waals surface area contributed by atoms with Crippen LogP contribution in [0, 0.1) is 12.7 Å². The van der Waals surface area contributed by atoms with Crippen LogP contribution in [0.3, 0.4) is 0 Å². The molecule has 3 heterocycles. The Balaban J connectivity index is 1.45. The monoisotopic (exact) mass is 447 g/mol. The number of hydrogen-bond acceptors (Lipinski definition) is 3. The summed E-state index contributed by atoms with van der Waals surface area (Å²) >= 11 is 1.63. The van der Waals surface area contributed by atoms with Crippen LogP contribution in [0.15, 0.2) is 47.4 Å². The number of halogens is 1. The van der Waals surface area contributed by atoms with Crippen molar-refractivity contribution in [3.05, 3.63) is 81.9 Å². The van der Waals surface area contributed by atoms with Gasteiger partial charge in [0.05, 0.1) is 11.1 Å². The van der Waals surface area contributed by atoms with Crippen LogP contribution >= 0.6 is 11.8 Å². The fraction of sp³-hybridized carbons (Fsp3) is 0.200. The summed E-state index contributed by atoms with van der Waals surface area (Å²) in [4.78, 5) is 29.5. The van der Waals surface area contributed by atoms with Gasteiger partial charge in [-0.3, -0.25) is 9.59 Å². The van der Waals surface area contributed by atoms with E-state index in [1.165, 1.54) is 12.1 Å². The Morgan fingerprint density at radius 2 is 1.91 bits per heavy atom. The molecule has 2 amide bonds. The molecular weight excluding hydrogens is 425 g/mol. The molecule has 5 nitrogen and oxygen atoms in total. The summed E-state index contributed by atoms with van der Waals surface area (Å²) in [5.41, 5.74) is 6.48. The first-order valence-corrected chi connectivity index (χ1v) is 11.5. The Kier molecular flexibility index (Phi) is 5.35. The van der Waals surface area contributed by atoms with Gasteiger partial charge >= 0.3 is 0 Å². The van der Waals surface area contributed by atoms with Gasteiger partial charge in [0.15, 0.2) is 0 Å². The third-order valence-electron chi connectivity index (χ3n) is 5.86. The lowest BCUT2D eigenvalue weighted by atomic mass is 10.0. The first-order chi connectivity index (χ1) is 15.5. The number of benzene rings is 2. The second-order valence-electron chi connectivity index (χ2n) is 8.01. The maximum absolute atomic E-state index is 13.1. The molecule has 0 unspecified atom stereocenters. The second kappa shape index (κ2) is 8.31. The normalized spacial score (nSPS) is 16.4. The summed E-state index contributed by atoms with van der Waals surface area (Å²) in [6.45, 7) is 2.58. The zero-order valence-electron chi connectivity index (χ0n) is 17.5. The topological polar surface area (TPSA) is 74.0 Å². The van der Waals surface area contributed by atoms with Crippen molar-refractivity contribution in [3.63, 3.8) is 0 Å². The van der Waals surface area contributed by atoms with E-state index in [9.17, 15) is 14.0 Å². The quantitative estimate of drug-likeness (QED) is 0.392. The first kappa shape index (κ1) is 20.6. The number of nitrogens with one attached hydrogen (secondary N) is 3. The van der Waals surface area contributed by atoms with Crippen LogP contribution < -0.4 is 10.6 Å². The molecule has 0 fully saturated rings. The van der Waals surface area contributed by atoms with Gasteiger partial charge in [-0.05, 0) is 67.3 Å². The summed E-state index contributed by atoms with van der Waals surface area (Å²) in [5, 5.41) is 5.85. The molecule has 32 heavy (non-hydrogen) atoms. The van der Waals surface area contributed by atoms with E-state index in [0.29, 0.717) is 23.4 Å². The third-order valence-corrected chi connectivity index (χ3v) is 6.93. The molecule has 0 aliphatic carbocycles. The molecule has 5 rings (SSSR count). The average molecular weight is 448 g/mol. The predicted molar refractivity (Wildman–Crippen MR) is 125 cm³/mol. The van der Waals surface area contributed by atoms with Gasteiger partial charge in [0.1, 0.15) is 5.82 Å². The fourth-order valence-electron chi connectivity index (χ4n) is 4.17. The predicted octanol–water partition coefficient (Wildman–Crippen LogP) is 4.92. The van der Waals surface area contributed by atoms with Gasteiger partial charge in [-0.2, -0.15) is 0 Å². The molecule has 3 aromatic rings. The number of thioether (sulfide) groups is 1. The van der Waals surface area contributed by atoms with E-state index in [0.717, 1.165) is 51.5 Å². The molecule has 0 atom stereocenters. The number of carbonyl (C=O) groups excluding carboxylic acids is 2. The molecule has 0 saturated heterocycles. The van der Waals surface area contributed by atoms with Crippen molar-refractivity contribution >= 4 is 40.9 Å². The molecule has 0 bridgehead atoms. The first-order valence-electron chi connectivity index (χ1n) is 10.5. The zero-order valence-corrected chi connectivity index (χ0v) is 18.4. The third kappa shape index (κ3) is 3.84. The van der Waals surface area contributed by atoms with E-state index in [4.69, 9.17) is 0 Å². The lowest BCUT2D eigenvalue weighted by Crippen LogP contribution is -2.22. The lowest BCUT2D eigenvalue weighted by Gasteiger charge is -2.05. The van der Waals surface area contributed by atoms with Crippen molar-refractivity contribution in [1.29, 1.82) is 0 Å². The van der Waals surface area contributed by atoms with Crippen LogP contribution in [-0.4, -0.2) is 23.3 Å². The Labute approximate surface area is 189 Å². The van der Waals surface area contributed by atoms with E-state index in [2.05, 4.69) is 15.6 Å². The Morgan fingerprint density at radius 1 is 1.09 bits per heavy atom. The van der Waals surface area contributed by atoms with Crippen molar-refractivity contribution < 1.29 is 14.0 Å². The number of amides is 2. The van der Waals surface area contributed by atoms with Crippen LogP contribution in [-0.2, 0) is 17.0 Å². The van der Waals surface area contributed by atoms with Crippen molar-refractivity contribution in [2.45, 2.75) is 30.4 Å². The molecular formula is C25H22FN3O2S. The molecule has 2 aliphatic heterocycles. The maximum atomic E-state index is 13.1. The van der Waals surface area contributed by atoms with E-state index >= 15 is 0 Å². The van der Waals surface area contributed by atoms with E-state index in [1.807, 2.05) is 31.2 Å². The van der Waals surface area contributed by atoms with Crippen molar-refractivity contribution in [2.24, 2.45) is 0 Å². The minimum Gasteiger partial charge on any atom is -0.358 e. The Morgan fingerprint density at radius 3 is 2.72 bits per heavy atom. The molecule has 2 aromatic carbocycles. The number of aryl methyl sites for hydroxylation is 1. The van der Waals surface area contributed by atoms with Gasteiger partial charge in [0.25, 0.3) is 11.8 Å². The Bertz CT molecular complexity index is 1260. The zero-order chi connectivity index (χ0) is 22.2. The van der Waals surface area contributed by atoms with Gasteiger partial charge in [0, 0.05) is 39.8 Å².